The first-order valence-electron chi connectivity index (χ1n) is 5.72. The first-order valence-corrected chi connectivity index (χ1v) is 5.72. The molecule has 0 saturated heterocycles. The minimum absolute atomic E-state index is 0.270. The number of aromatic nitrogens is 1. The Morgan fingerprint density at radius 1 is 1.17 bits per heavy atom. The van der Waals surface area contributed by atoms with Crippen molar-refractivity contribution in [1.82, 2.24) is 4.98 Å². The van der Waals surface area contributed by atoms with Gasteiger partial charge in [0.25, 0.3) is 0 Å². The van der Waals surface area contributed by atoms with Crippen LogP contribution in [0.5, 0.6) is 5.75 Å². The number of pyridine rings is 1. The molecule has 0 spiro atoms. The molecule has 2 N–H and O–H groups in total. The molecule has 94 valence electrons. The van der Waals surface area contributed by atoms with Crippen molar-refractivity contribution >= 4 is 5.82 Å². The molecule has 0 radical (unpaired) electrons. The minimum atomic E-state index is -0.329. The van der Waals surface area contributed by atoms with Gasteiger partial charge >= 0.3 is 0 Å². The van der Waals surface area contributed by atoms with Crippen LogP contribution in [0.3, 0.4) is 0 Å². The lowest BCUT2D eigenvalue weighted by Gasteiger charge is -2.05. The summed E-state index contributed by atoms with van der Waals surface area (Å²) in [6.07, 6.45) is 3.24. The fourth-order valence-electron chi connectivity index (χ4n) is 1.80. The third kappa shape index (κ3) is 2.97. The number of hydrogen-bond donors (Lipinski definition) is 1. The Morgan fingerprint density at radius 2 is 1.89 bits per heavy atom. The molecular weight excluding hydrogens is 231 g/mol. The molecule has 1 aromatic carbocycles. The number of rotatable bonds is 4. The summed E-state index contributed by atoms with van der Waals surface area (Å²) >= 11 is 0. The number of methoxy groups -OCH3 is 1. The molecule has 2 aromatic rings. The SMILES string of the molecule is COc1ccc(CCc2ccnc(N)c2)cc1F. The Kier molecular flexibility index (Phi) is 3.77. The standard InChI is InChI=1S/C14H15FN2O/c1-18-13-5-4-10(8-12(13)15)2-3-11-6-7-17-14(16)9-11/h4-9H,2-3H2,1H3,(H2,16,17). The van der Waals surface area contributed by atoms with E-state index >= 15 is 0 Å². The average Bonchev–Trinajstić information content (AvgIpc) is 2.37. The van der Waals surface area contributed by atoms with Crippen LogP contribution in [0.2, 0.25) is 0 Å². The predicted molar refractivity (Wildman–Crippen MR) is 69.0 cm³/mol. The fourth-order valence-corrected chi connectivity index (χ4v) is 1.80. The van der Waals surface area contributed by atoms with E-state index in [1.807, 2.05) is 18.2 Å². The number of nitrogens with two attached hydrogens (primary N) is 1. The average molecular weight is 246 g/mol. The summed E-state index contributed by atoms with van der Waals surface area (Å²) in [4.78, 5) is 3.93. The second-order valence-electron chi connectivity index (χ2n) is 4.06. The van der Waals surface area contributed by atoms with Crippen molar-refractivity contribution in [3.8, 4) is 5.75 Å². The summed E-state index contributed by atoms with van der Waals surface area (Å²) in [5, 5.41) is 0. The lowest BCUT2D eigenvalue weighted by molar-refractivity contribution is 0.386. The molecule has 0 aliphatic rings. The van der Waals surface area contributed by atoms with Crippen LogP contribution in [-0.2, 0) is 12.8 Å². The van der Waals surface area contributed by atoms with E-state index in [0.29, 0.717) is 5.82 Å². The molecule has 1 heterocycles. The first kappa shape index (κ1) is 12.4. The molecule has 0 fully saturated rings. The Bertz CT molecular complexity index is 543. The van der Waals surface area contributed by atoms with E-state index in [1.54, 1.807) is 12.3 Å². The van der Waals surface area contributed by atoms with Crippen molar-refractivity contribution < 1.29 is 9.13 Å². The van der Waals surface area contributed by atoms with Crippen molar-refractivity contribution in [2.45, 2.75) is 12.8 Å². The van der Waals surface area contributed by atoms with Gasteiger partial charge in [0, 0.05) is 6.20 Å². The molecule has 18 heavy (non-hydrogen) atoms. The molecule has 0 bridgehead atoms. The van der Waals surface area contributed by atoms with Crippen molar-refractivity contribution in [2.24, 2.45) is 0 Å². The molecule has 2 rings (SSSR count). The van der Waals surface area contributed by atoms with E-state index in [1.165, 1.54) is 13.2 Å². The van der Waals surface area contributed by atoms with Gasteiger partial charge in [0.1, 0.15) is 5.82 Å². The topological polar surface area (TPSA) is 48.1 Å². The van der Waals surface area contributed by atoms with Crippen molar-refractivity contribution in [3.05, 3.63) is 53.5 Å². The molecular formula is C14H15FN2O. The maximum Gasteiger partial charge on any atom is 0.165 e. The van der Waals surface area contributed by atoms with Gasteiger partial charge < -0.3 is 10.5 Å². The number of anilines is 1. The third-order valence-electron chi connectivity index (χ3n) is 2.76. The van der Waals surface area contributed by atoms with Crippen molar-refractivity contribution in [2.75, 3.05) is 12.8 Å². The monoisotopic (exact) mass is 246 g/mol. The van der Waals surface area contributed by atoms with Crippen LogP contribution in [0.15, 0.2) is 36.5 Å². The zero-order chi connectivity index (χ0) is 13.0. The Hall–Kier alpha value is -2.10. The number of ether oxygens (including phenoxy) is 1. The highest BCUT2D eigenvalue weighted by atomic mass is 19.1. The summed E-state index contributed by atoms with van der Waals surface area (Å²) in [6, 6.07) is 8.76. The van der Waals surface area contributed by atoms with Gasteiger partial charge in [-0.2, -0.15) is 0 Å². The summed E-state index contributed by atoms with van der Waals surface area (Å²) in [7, 11) is 1.46. The normalized spacial score (nSPS) is 10.3. The second-order valence-corrected chi connectivity index (χ2v) is 4.06. The number of aryl methyl sites for hydroxylation is 2. The van der Waals surface area contributed by atoms with E-state index in [0.717, 1.165) is 24.0 Å². The summed E-state index contributed by atoms with van der Waals surface area (Å²) < 4.78 is 18.4. The molecule has 4 heteroatoms. The molecule has 3 nitrogen and oxygen atoms in total. The summed E-state index contributed by atoms with van der Waals surface area (Å²) in [5.74, 6) is 0.449. The van der Waals surface area contributed by atoms with Crippen molar-refractivity contribution in [1.29, 1.82) is 0 Å². The fraction of sp³-hybridized carbons (Fsp3) is 0.214. The maximum atomic E-state index is 13.5. The van der Waals surface area contributed by atoms with Crippen LogP contribution in [0.1, 0.15) is 11.1 Å². The van der Waals surface area contributed by atoms with Gasteiger partial charge in [0.2, 0.25) is 0 Å². The summed E-state index contributed by atoms with van der Waals surface area (Å²) in [5.41, 5.74) is 7.63. The van der Waals surface area contributed by atoms with Gasteiger partial charge in [0.15, 0.2) is 11.6 Å². The zero-order valence-electron chi connectivity index (χ0n) is 10.2. The Labute approximate surface area is 105 Å². The van der Waals surface area contributed by atoms with Gasteiger partial charge in [0.05, 0.1) is 7.11 Å². The zero-order valence-corrected chi connectivity index (χ0v) is 10.2. The lowest BCUT2D eigenvalue weighted by atomic mass is 10.0. The van der Waals surface area contributed by atoms with Gasteiger partial charge in [-0.25, -0.2) is 9.37 Å². The van der Waals surface area contributed by atoms with E-state index < -0.39 is 0 Å². The van der Waals surface area contributed by atoms with Crippen LogP contribution >= 0.6 is 0 Å². The van der Waals surface area contributed by atoms with Crippen molar-refractivity contribution in [3.63, 3.8) is 0 Å². The van der Waals surface area contributed by atoms with E-state index in [4.69, 9.17) is 10.5 Å². The van der Waals surface area contributed by atoms with Gasteiger partial charge in [-0.1, -0.05) is 6.07 Å². The van der Waals surface area contributed by atoms with E-state index in [-0.39, 0.29) is 11.6 Å². The molecule has 0 amide bonds. The highest BCUT2D eigenvalue weighted by Crippen LogP contribution is 2.18. The van der Waals surface area contributed by atoms with Crippen LogP contribution in [-0.4, -0.2) is 12.1 Å². The molecule has 0 unspecified atom stereocenters. The molecule has 0 aliphatic heterocycles. The molecule has 0 aliphatic carbocycles. The largest absolute Gasteiger partial charge is 0.494 e. The van der Waals surface area contributed by atoms with Gasteiger partial charge in [-0.05, 0) is 48.2 Å². The number of nitrogens with zero attached hydrogens (tertiary/aromatic N) is 1. The van der Waals surface area contributed by atoms with Gasteiger partial charge in [-0.15, -0.1) is 0 Å². The van der Waals surface area contributed by atoms with Crippen LogP contribution in [0.25, 0.3) is 0 Å². The number of nitrogen functional groups attached to an aromatic ring is 1. The van der Waals surface area contributed by atoms with Crippen LogP contribution in [0, 0.1) is 5.82 Å². The Balaban J connectivity index is 2.04. The molecule has 1 aromatic heterocycles. The number of halogens is 1. The molecule has 0 saturated carbocycles. The quantitative estimate of drug-likeness (QED) is 0.902. The number of benzene rings is 1. The maximum absolute atomic E-state index is 13.5. The van der Waals surface area contributed by atoms with E-state index in [9.17, 15) is 4.39 Å². The smallest absolute Gasteiger partial charge is 0.165 e. The van der Waals surface area contributed by atoms with E-state index in [2.05, 4.69) is 4.98 Å². The highest BCUT2D eigenvalue weighted by molar-refractivity contribution is 5.33. The minimum Gasteiger partial charge on any atom is -0.494 e. The first-order chi connectivity index (χ1) is 8.69. The van der Waals surface area contributed by atoms with Gasteiger partial charge in [-0.3, -0.25) is 0 Å². The van der Waals surface area contributed by atoms with Crippen LogP contribution < -0.4 is 10.5 Å². The molecule has 0 atom stereocenters. The second kappa shape index (κ2) is 5.49. The predicted octanol–water partition coefficient (Wildman–Crippen LogP) is 2.60. The third-order valence-corrected chi connectivity index (χ3v) is 2.76. The number of hydrogen-bond acceptors (Lipinski definition) is 3. The summed E-state index contributed by atoms with van der Waals surface area (Å²) in [6.45, 7) is 0. The van der Waals surface area contributed by atoms with Crippen LogP contribution in [0.4, 0.5) is 10.2 Å². The highest BCUT2D eigenvalue weighted by Gasteiger charge is 2.04. The Morgan fingerprint density at radius 3 is 2.50 bits per heavy atom. The lowest BCUT2D eigenvalue weighted by Crippen LogP contribution is -1.96.